The summed E-state index contributed by atoms with van der Waals surface area (Å²) in [5.41, 5.74) is 0.768. The van der Waals surface area contributed by atoms with E-state index in [1.807, 2.05) is 23.2 Å². The average molecular weight is 257 g/mol. The molecule has 1 aliphatic carbocycles. The zero-order valence-corrected chi connectivity index (χ0v) is 10.5. The van der Waals surface area contributed by atoms with Gasteiger partial charge in [-0.1, -0.05) is 12.8 Å². The third kappa shape index (κ3) is 1.59. The number of anilines is 1. The number of hydrogen-bond donors (Lipinski definition) is 1. The fourth-order valence-corrected chi connectivity index (χ4v) is 3.18. The summed E-state index contributed by atoms with van der Waals surface area (Å²) in [6.07, 6.45) is 8.06. The summed E-state index contributed by atoms with van der Waals surface area (Å²) in [7, 11) is 0. The highest BCUT2D eigenvalue weighted by atomic mass is 16.2. The van der Waals surface area contributed by atoms with E-state index in [9.17, 15) is 4.79 Å². The van der Waals surface area contributed by atoms with Crippen LogP contribution in [0, 0.1) is 0 Å². The predicted molar refractivity (Wildman–Crippen MR) is 70.0 cm³/mol. The van der Waals surface area contributed by atoms with E-state index in [1.165, 1.54) is 12.8 Å². The topological polar surface area (TPSA) is 62.5 Å². The molecule has 0 spiro atoms. The molecule has 1 saturated heterocycles. The summed E-state index contributed by atoms with van der Waals surface area (Å²) >= 11 is 0. The van der Waals surface area contributed by atoms with E-state index in [0.717, 1.165) is 24.3 Å². The van der Waals surface area contributed by atoms with Crippen molar-refractivity contribution in [3.8, 4) is 0 Å². The van der Waals surface area contributed by atoms with Crippen molar-refractivity contribution in [1.82, 2.24) is 19.9 Å². The summed E-state index contributed by atoms with van der Waals surface area (Å²) < 4.78 is 1.70. The van der Waals surface area contributed by atoms with Crippen LogP contribution in [0.25, 0.3) is 5.65 Å². The molecule has 3 heterocycles. The Bertz CT molecular complexity index is 637. The molecule has 0 bridgehead atoms. The Kier molecular flexibility index (Phi) is 2.24. The maximum absolute atomic E-state index is 12.2. The van der Waals surface area contributed by atoms with Crippen molar-refractivity contribution in [3.05, 3.63) is 24.5 Å². The van der Waals surface area contributed by atoms with Crippen LogP contribution in [0.2, 0.25) is 0 Å². The minimum absolute atomic E-state index is 0.0201. The van der Waals surface area contributed by atoms with Crippen LogP contribution in [-0.4, -0.2) is 32.7 Å². The van der Waals surface area contributed by atoms with Crippen molar-refractivity contribution in [2.75, 3.05) is 4.90 Å². The van der Waals surface area contributed by atoms with Crippen LogP contribution in [0.3, 0.4) is 0 Å². The zero-order chi connectivity index (χ0) is 12.8. The van der Waals surface area contributed by atoms with Crippen molar-refractivity contribution in [2.24, 2.45) is 0 Å². The number of carbonyl (C=O) groups excluding carboxylic acids is 1. The largest absolute Gasteiger partial charge is 0.333 e. The zero-order valence-electron chi connectivity index (χ0n) is 10.5. The van der Waals surface area contributed by atoms with E-state index < -0.39 is 0 Å². The first-order chi connectivity index (χ1) is 9.33. The van der Waals surface area contributed by atoms with E-state index in [0.29, 0.717) is 0 Å². The van der Waals surface area contributed by atoms with Gasteiger partial charge in [-0.15, -0.1) is 0 Å². The Morgan fingerprint density at radius 3 is 3.11 bits per heavy atom. The number of carbonyl (C=O) groups is 1. The maximum atomic E-state index is 12.2. The van der Waals surface area contributed by atoms with Gasteiger partial charge in [0.2, 0.25) is 0 Å². The highest BCUT2D eigenvalue weighted by Gasteiger charge is 2.41. The van der Waals surface area contributed by atoms with E-state index in [4.69, 9.17) is 0 Å². The molecule has 1 N–H and O–H groups in total. The lowest BCUT2D eigenvalue weighted by Gasteiger charge is -2.29. The molecule has 6 nitrogen and oxygen atoms in total. The smallest absolute Gasteiger partial charge is 0.323 e. The molecular formula is C13H15N5O. The molecule has 0 unspecified atom stereocenters. The monoisotopic (exact) mass is 257 g/mol. The maximum Gasteiger partial charge on any atom is 0.323 e. The Morgan fingerprint density at radius 1 is 1.26 bits per heavy atom. The summed E-state index contributed by atoms with van der Waals surface area (Å²) in [5.74, 6) is 0.722. The molecule has 98 valence electrons. The quantitative estimate of drug-likeness (QED) is 0.843. The standard InChI is InChI=1S/C13H15N5O/c19-13-15-9-3-1-2-4-10(9)18(13)12-6-8-17-11(16-12)5-7-14-17/h5-10H,1-4H2,(H,15,19)/t9-,10+/m0/s1. The Morgan fingerprint density at radius 2 is 2.16 bits per heavy atom. The van der Waals surface area contributed by atoms with Gasteiger partial charge in [-0.3, -0.25) is 4.90 Å². The first-order valence-corrected chi connectivity index (χ1v) is 6.73. The van der Waals surface area contributed by atoms with E-state index in [-0.39, 0.29) is 18.1 Å². The normalized spacial score (nSPS) is 26.5. The molecule has 1 aliphatic heterocycles. The second-order valence-corrected chi connectivity index (χ2v) is 5.20. The number of nitrogens with one attached hydrogen (secondary N) is 1. The molecule has 0 radical (unpaired) electrons. The van der Waals surface area contributed by atoms with Gasteiger partial charge in [-0.25, -0.2) is 14.3 Å². The van der Waals surface area contributed by atoms with Gasteiger partial charge in [0.15, 0.2) is 5.65 Å². The lowest BCUT2D eigenvalue weighted by molar-refractivity contribution is 0.250. The third-order valence-electron chi connectivity index (χ3n) is 4.08. The summed E-state index contributed by atoms with van der Waals surface area (Å²) in [4.78, 5) is 18.5. The highest BCUT2D eigenvalue weighted by molar-refractivity contribution is 5.94. The van der Waals surface area contributed by atoms with Gasteiger partial charge in [0.1, 0.15) is 5.82 Å². The molecule has 6 heteroatoms. The minimum atomic E-state index is -0.0201. The highest BCUT2D eigenvalue weighted by Crippen LogP contribution is 2.31. The fourth-order valence-electron chi connectivity index (χ4n) is 3.18. The molecule has 1 saturated carbocycles. The van der Waals surface area contributed by atoms with Crippen molar-refractivity contribution < 1.29 is 4.79 Å². The van der Waals surface area contributed by atoms with Gasteiger partial charge < -0.3 is 5.32 Å². The minimum Gasteiger partial charge on any atom is -0.333 e. The van der Waals surface area contributed by atoms with Crippen LogP contribution in [0.4, 0.5) is 10.6 Å². The van der Waals surface area contributed by atoms with Gasteiger partial charge >= 0.3 is 6.03 Å². The first kappa shape index (κ1) is 10.8. The lowest BCUT2D eigenvalue weighted by atomic mass is 9.91. The molecule has 2 aromatic heterocycles. The number of fused-ring (bicyclic) bond motifs is 2. The van der Waals surface area contributed by atoms with Crippen molar-refractivity contribution >= 4 is 17.5 Å². The van der Waals surface area contributed by atoms with Gasteiger partial charge in [-0.2, -0.15) is 5.10 Å². The summed E-state index contributed by atoms with van der Waals surface area (Å²) in [6.45, 7) is 0. The van der Waals surface area contributed by atoms with Crippen molar-refractivity contribution in [1.29, 1.82) is 0 Å². The van der Waals surface area contributed by atoms with Gasteiger partial charge in [0.05, 0.1) is 18.3 Å². The molecule has 2 aromatic rings. The molecule has 4 rings (SSSR count). The lowest BCUT2D eigenvalue weighted by Crippen LogP contribution is -2.39. The molecule has 2 amide bonds. The molecule has 2 atom stereocenters. The Balaban J connectivity index is 1.75. The summed E-state index contributed by atoms with van der Waals surface area (Å²) in [6, 6.07) is 4.21. The fraction of sp³-hybridized carbons (Fsp3) is 0.462. The second kappa shape index (κ2) is 3.94. The predicted octanol–water partition coefficient (Wildman–Crippen LogP) is 1.57. The Labute approximate surface area is 110 Å². The number of nitrogens with zero attached hydrogens (tertiary/aromatic N) is 4. The number of amides is 2. The SMILES string of the molecule is O=C1N[C@H]2CCCC[C@H]2N1c1ccn2nccc2n1. The molecule has 0 aromatic carbocycles. The third-order valence-corrected chi connectivity index (χ3v) is 4.08. The molecule has 19 heavy (non-hydrogen) atoms. The van der Waals surface area contributed by atoms with Crippen molar-refractivity contribution in [2.45, 2.75) is 37.8 Å². The van der Waals surface area contributed by atoms with Crippen LogP contribution in [0.15, 0.2) is 24.5 Å². The number of rotatable bonds is 1. The van der Waals surface area contributed by atoms with E-state index in [1.54, 1.807) is 10.7 Å². The van der Waals surface area contributed by atoms with Crippen LogP contribution in [0.5, 0.6) is 0 Å². The number of hydrogen-bond acceptors (Lipinski definition) is 3. The average Bonchev–Trinajstić information content (AvgIpc) is 3.00. The van der Waals surface area contributed by atoms with Gasteiger partial charge in [-0.05, 0) is 18.9 Å². The number of aromatic nitrogens is 3. The van der Waals surface area contributed by atoms with Crippen molar-refractivity contribution in [3.63, 3.8) is 0 Å². The van der Waals surface area contributed by atoms with Crippen LogP contribution >= 0.6 is 0 Å². The summed E-state index contributed by atoms with van der Waals surface area (Å²) in [5, 5.41) is 7.19. The van der Waals surface area contributed by atoms with Gasteiger partial charge in [0.25, 0.3) is 0 Å². The molecule has 2 aliphatic rings. The number of urea groups is 1. The van der Waals surface area contributed by atoms with Crippen LogP contribution in [0.1, 0.15) is 25.7 Å². The van der Waals surface area contributed by atoms with Crippen LogP contribution < -0.4 is 10.2 Å². The van der Waals surface area contributed by atoms with Gasteiger partial charge in [0, 0.05) is 12.3 Å². The molecular weight excluding hydrogens is 242 g/mol. The first-order valence-electron chi connectivity index (χ1n) is 6.73. The van der Waals surface area contributed by atoms with E-state index in [2.05, 4.69) is 15.4 Å². The second-order valence-electron chi connectivity index (χ2n) is 5.20. The Hall–Kier alpha value is -2.11. The molecule has 2 fully saturated rings. The van der Waals surface area contributed by atoms with E-state index >= 15 is 0 Å². The van der Waals surface area contributed by atoms with Crippen LogP contribution in [-0.2, 0) is 0 Å².